The molecule has 0 unspecified atom stereocenters. The molecule has 1 aromatic carbocycles. The van der Waals surface area contributed by atoms with Crippen LogP contribution in [0.1, 0.15) is 18.8 Å². The van der Waals surface area contributed by atoms with Crippen molar-refractivity contribution in [3.8, 4) is 5.75 Å². The number of aliphatic hydroxyl groups excluding tert-OH is 1. The van der Waals surface area contributed by atoms with Crippen molar-refractivity contribution in [3.05, 3.63) is 29.8 Å². The number of carbonyl (C=O) groups is 1. The van der Waals surface area contributed by atoms with Crippen LogP contribution in [0, 0.1) is 0 Å². The molecule has 0 spiro atoms. The molecule has 0 aliphatic carbocycles. The molecule has 1 rings (SSSR count). The first kappa shape index (κ1) is 23.1. The van der Waals surface area contributed by atoms with Crippen molar-refractivity contribution in [1.29, 1.82) is 0 Å². The van der Waals surface area contributed by atoms with E-state index in [-0.39, 0.29) is 5.75 Å². The van der Waals surface area contributed by atoms with Gasteiger partial charge in [-0.05, 0) is 12.1 Å². The normalized spacial score (nSPS) is 14.7. The summed E-state index contributed by atoms with van der Waals surface area (Å²) in [6.07, 6.45) is -15.7. The van der Waals surface area contributed by atoms with Crippen molar-refractivity contribution < 1.29 is 58.7 Å². The molecule has 0 radical (unpaired) electrons. The molecule has 27 heavy (non-hydrogen) atoms. The van der Waals surface area contributed by atoms with Gasteiger partial charge in [0, 0.05) is 12.5 Å². The Morgan fingerprint density at radius 2 is 1.67 bits per heavy atom. The lowest BCUT2D eigenvalue weighted by molar-refractivity contribution is -0.399. The van der Waals surface area contributed by atoms with Crippen molar-refractivity contribution in [3.63, 3.8) is 0 Å². The molecule has 1 atom stereocenters. The van der Waals surface area contributed by atoms with E-state index in [0.29, 0.717) is 6.07 Å². The van der Waals surface area contributed by atoms with Crippen LogP contribution in [0.4, 0.5) is 26.3 Å². The van der Waals surface area contributed by atoms with Crippen molar-refractivity contribution in [2.45, 2.75) is 31.2 Å². The number of hydrogen-bond donors (Lipinski definition) is 2. The monoisotopic (exact) mass is 426 g/mol. The SMILES string of the molecule is CC(=O)Oc1cccc([C@@H](O)OC(CS(=O)(=O)O)(C(F)(F)F)C(F)(F)F)c1. The highest BCUT2D eigenvalue weighted by Crippen LogP contribution is 2.48. The van der Waals surface area contributed by atoms with E-state index in [0.717, 1.165) is 25.1 Å². The molecule has 0 fully saturated rings. The summed E-state index contributed by atoms with van der Waals surface area (Å²) >= 11 is 0. The molecule has 154 valence electrons. The average Bonchev–Trinajstić information content (AvgIpc) is 2.42. The van der Waals surface area contributed by atoms with Gasteiger partial charge < -0.3 is 14.6 Å². The third kappa shape index (κ3) is 5.79. The van der Waals surface area contributed by atoms with Crippen LogP contribution in [0.25, 0.3) is 0 Å². The van der Waals surface area contributed by atoms with Crippen LogP contribution in [0.3, 0.4) is 0 Å². The number of ether oxygens (including phenoxy) is 2. The predicted molar refractivity (Wildman–Crippen MR) is 75.1 cm³/mol. The standard InChI is InChI=1S/C13H12F6O7S/c1-7(20)25-9-4-2-3-8(5-9)10(21)26-11(12(14,15)16,13(17,18)19)6-27(22,23)24/h2-5,10,21H,6H2,1H3,(H,22,23,24)/t10-/m0/s1. The Morgan fingerprint density at radius 1 is 1.15 bits per heavy atom. The summed E-state index contributed by atoms with van der Waals surface area (Å²) in [4.78, 5) is 10.8. The van der Waals surface area contributed by atoms with Gasteiger partial charge in [-0.3, -0.25) is 9.35 Å². The number of hydrogen-bond acceptors (Lipinski definition) is 6. The molecular formula is C13H12F6O7S. The van der Waals surface area contributed by atoms with Crippen LogP contribution in [-0.2, 0) is 19.6 Å². The summed E-state index contributed by atoms with van der Waals surface area (Å²) in [6.45, 7) is 0.962. The lowest BCUT2D eigenvalue weighted by Crippen LogP contribution is -2.63. The van der Waals surface area contributed by atoms with E-state index in [1.807, 2.05) is 0 Å². The largest absolute Gasteiger partial charge is 0.427 e. The predicted octanol–water partition coefficient (Wildman–Crippen LogP) is 2.37. The molecule has 0 aromatic heterocycles. The Balaban J connectivity index is 3.39. The summed E-state index contributed by atoms with van der Waals surface area (Å²) in [5, 5.41) is 9.70. The van der Waals surface area contributed by atoms with E-state index in [4.69, 9.17) is 4.55 Å². The van der Waals surface area contributed by atoms with Gasteiger partial charge >= 0.3 is 18.3 Å². The van der Waals surface area contributed by atoms with Crippen LogP contribution < -0.4 is 4.74 Å². The maximum atomic E-state index is 13.1. The van der Waals surface area contributed by atoms with Crippen LogP contribution >= 0.6 is 0 Å². The molecule has 0 heterocycles. The first-order valence-electron chi connectivity index (χ1n) is 6.71. The second-order valence-corrected chi connectivity index (χ2v) is 6.64. The Hall–Kier alpha value is -1.90. The van der Waals surface area contributed by atoms with E-state index < -0.39 is 51.6 Å². The van der Waals surface area contributed by atoms with E-state index in [2.05, 4.69) is 9.47 Å². The minimum atomic E-state index is -6.38. The summed E-state index contributed by atoms with van der Waals surface area (Å²) < 4.78 is 117. The number of rotatable bonds is 6. The summed E-state index contributed by atoms with van der Waals surface area (Å²) in [5.74, 6) is -4.14. The molecule has 0 amide bonds. The van der Waals surface area contributed by atoms with Gasteiger partial charge in [-0.25, -0.2) is 0 Å². The van der Waals surface area contributed by atoms with Crippen molar-refractivity contribution in [2.24, 2.45) is 0 Å². The molecule has 0 aliphatic heterocycles. The van der Waals surface area contributed by atoms with Crippen LogP contribution in [0.5, 0.6) is 5.75 Å². The number of esters is 1. The molecule has 1 aromatic rings. The van der Waals surface area contributed by atoms with Gasteiger partial charge in [-0.2, -0.15) is 34.8 Å². The van der Waals surface area contributed by atoms with E-state index in [9.17, 15) is 44.7 Å². The Kier molecular flexibility index (Phi) is 6.52. The molecule has 14 heteroatoms. The number of alkyl halides is 6. The number of aliphatic hydroxyl groups is 1. The second-order valence-electron chi connectivity index (χ2n) is 5.19. The molecule has 0 aliphatic rings. The lowest BCUT2D eigenvalue weighted by atomic mass is 10.0. The fourth-order valence-electron chi connectivity index (χ4n) is 1.91. The summed E-state index contributed by atoms with van der Waals surface area (Å²) in [5.41, 5.74) is -6.13. The van der Waals surface area contributed by atoms with E-state index in [1.165, 1.54) is 0 Å². The summed E-state index contributed by atoms with van der Waals surface area (Å²) in [6, 6.07) is 3.67. The zero-order valence-electron chi connectivity index (χ0n) is 13.2. The van der Waals surface area contributed by atoms with E-state index >= 15 is 0 Å². The van der Waals surface area contributed by atoms with Gasteiger partial charge in [-0.15, -0.1) is 0 Å². The third-order valence-electron chi connectivity index (χ3n) is 3.02. The fourth-order valence-corrected chi connectivity index (χ4v) is 2.81. The molecule has 7 nitrogen and oxygen atoms in total. The molecular weight excluding hydrogens is 414 g/mol. The number of carbonyl (C=O) groups excluding carboxylic acids is 1. The zero-order valence-corrected chi connectivity index (χ0v) is 14.0. The van der Waals surface area contributed by atoms with Gasteiger partial charge in [0.1, 0.15) is 11.5 Å². The quantitative estimate of drug-likeness (QED) is 0.236. The van der Waals surface area contributed by atoms with Gasteiger partial charge in [0.2, 0.25) is 0 Å². The molecule has 2 N–H and O–H groups in total. The maximum absolute atomic E-state index is 13.1. The van der Waals surface area contributed by atoms with E-state index in [1.54, 1.807) is 0 Å². The second kappa shape index (κ2) is 7.61. The van der Waals surface area contributed by atoms with Crippen molar-refractivity contribution in [2.75, 3.05) is 5.75 Å². The Morgan fingerprint density at radius 3 is 2.07 bits per heavy atom. The highest BCUT2D eigenvalue weighted by atomic mass is 32.2. The zero-order chi connectivity index (χ0) is 21.3. The first-order valence-corrected chi connectivity index (χ1v) is 8.32. The van der Waals surface area contributed by atoms with Crippen molar-refractivity contribution in [1.82, 2.24) is 0 Å². The molecule has 0 saturated carbocycles. The highest BCUT2D eigenvalue weighted by molar-refractivity contribution is 7.85. The minimum absolute atomic E-state index is 0.331. The summed E-state index contributed by atoms with van der Waals surface area (Å²) in [7, 11) is -5.85. The number of benzene rings is 1. The molecule has 0 saturated heterocycles. The van der Waals surface area contributed by atoms with Crippen LogP contribution in [0.15, 0.2) is 24.3 Å². The van der Waals surface area contributed by atoms with Crippen LogP contribution in [0.2, 0.25) is 0 Å². The Labute approximate surface area is 148 Å². The minimum Gasteiger partial charge on any atom is -0.427 e. The topological polar surface area (TPSA) is 110 Å². The smallest absolute Gasteiger partial charge is 0.427 e. The van der Waals surface area contributed by atoms with Crippen molar-refractivity contribution >= 4 is 16.1 Å². The molecule has 0 bridgehead atoms. The highest BCUT2D eigenvalue weighted by Gasteiger charge is 2.74. The van der Waals surface area contributed by atoms with Gasteiger partial charge in [0.05, 0.1) is 0 Å². The van der Waals surface area contributed by atoms with Gasteiger partial charge in [-0.1, -0.05) is 12.1 Å². The number of halogens is 6. The fraction of sp³-hybridized carbons (Fsp3) is 0.462. The first-order chi connectivity index (χ1) is 12.0. The third-order valence-corrected chi connectivity index (χ3v) is 3.79. The maximum Gasteiger partial charge on any atom is 0.427 e. The van der Waals surface area contributed by atoms with Gasteiger partial charge in [0.25, 0.3) is 15.7 Å². The average molecular weight is 426 g/mol. The lowest BCUT2D eigenvalue weighted by Gasteiger charge is -2.37. The van der Waals surface area contributed by atoms with Gasteiger partial charge in [0.15, 0.2) is 6.29 Å². The van der Waals surface area contributed by atoms with Crippen LogP contribution in [-0.4, -0.2) is 47.8 Å². The Bertz CT molecular complexity index is 773.